The van der Waals surface area contributed by atoms with Crippen LogP contribution in [-0.2, 0) is 0 Å². The van der Waals surface area contributed by atoms with Crippen LogP contribution in [0.25, 0.3) is 0 Å². The summed E-state index contributed by atoms with van der Waals surface area (Å²) in [6.07, 6.45) is 3.25. The van der Waals surface area contributed by atoms with Crippen molar-refractivity contribution in [2.45, 2.75) is 5.92 Å². The highest BCUT2D eigenvalue weighted by atomic mass is 32.1. The molecular formula is C8H6N2OS. The SMILES string of the molecule is O=C1N=CC(c2cccs2)C=N1. The first-order valence-corrected chi connectivity index (χ1v) is 4.40. The molecule has 0 saturated heterocycles. The highest BCUT2D eigenvalue weighted by Gasteiger charge is 2.11. The van der Waals surface area contributed by atoms with Crippen molar-refractivity contribution in [3.8, 4) is 0 Å². The van der Waals surface area contributed by atoms with Gasteiger partial charge in [-0.15, -0.1) is 11.3 Å². The van der Waals surface area contributed by atoms with Gasteiger partial charge in [-0.05, 0) is 11.4 Å². The maximum atomic E-state index is 10.6. The number of hydrogen-bond donors (Lipinski definition) is 0. The van der Waals surface area contributed by atoms with E-state index in [1.807, 2.05) is 17.5 Å². The molecule has 12 heavy (non-hydrogen) atoms. The van der Waals surface area contributed by atoms with E-state index in [1.54, 1.807) is 23.8 Å². The maximum absolute atomic E-state index is 10.6. The van der Waals surface area contributed by atoms with Crippen molar-refractivity contribution in [2.24, 2.45) is 9.98 Å². The Bertz CT molecular complexity index is 324. The average Bonchev–Trinajstić information content (AvgIpc) is 2.58. The van der Waals surface area contributed by atoms with E-state index in [2.05, 4.69) is 9.98 Å². The normalized spacial score (nSPS) is 17.2. The molecule has 0 spiro atoms. The molecule has 2 rings (SSSR count). The fourth-order valence-electron chi connectivity index (χ4n) is 0.988. The van der Waals surface area contributed by atoms with Crippen LogP contribution < -0.4 is 0 Å². The van der Waals surface area contributed by atoms with Gasteiger partial charge >= 0.3 is 6.03 Å². The van der Waals surface area contributed by atoms with E-state index in [4.69, 9.17) is 0 Å². The van der Waals surface area contributed by atoms with Crippen LogP contribution in [0.15, 0.2) is 27.5 Å². The standard InChI is InChI=1S/C8H6N2OS/c11-8-9-4-6(5-10-8)7-2-1-3-12-7/h1-6H. The molecule has 2 amide bonds. The minimum Gasteiger partial charge on any atom is -0.244 e. The zero-order valence-electron chi connectivity index (χ0n) is 6.18. The third-order valence-corrected chi connectivity index (χ3v) is 2.54. The fraction of sp³-hybridized carbons (Fsp3) is 0.125. The van der Waals surface area contributed by atoms with Gasteiger partial charge in [-0.1, -0.05) is 6.07 Å². The summed E-state index contributed by atoms with van der Waals surface area (Å²) in [6.45, 7) is 0. The predicted octanol–water partition coefficient (Wildman–Crippen LogP) is 2.11. The summed E-state index contributed by atoms with van der Waals surface area (Å²) in [5.41, 5.74) is 0. The number of aliphatic imine (C=N–C) groups is 2. The minimum absolute atomic E-state index is 0.0858. The molecule has 0 radical (unpaired) electrons. The van der Waals surface area contributed by atoms with E-state index in [1.165, 1.54) is 0 Å². The Morgan fingerprint density at radius 1 is 1.33 bits per heavy atom. The van der Waals surface area contributed by atoms with E-state index >= 15 is 0 Å². The molecule has 1 aliphatic rings. The van der Waals surface area contributed by atoms with Crippen LogP contribution in [0.5, 0.6) is 0 Å². The van der Waals surface area contributed by atoms with Crippen molar-refractivity contribution in [1.82, 2.24) is 0 Å². The van der Waals surface area contributed by atoms with E-state index < -0.39 is 6.03 Å². The average molecular weight is 178 g/mol. The van der Waals surface area contributed by atoms with E-state index in [0.717, 1.165) is 4.88 Å². The number of carbonyl (C=O) groups is 1. The number of carbonyl (C=O) groups excluding carboxylic acids is 1. The molecule has 3 nitrogen and oxygen atoms in total. The molecule has 4 heteroatoms. The highest BCUT2D eigenvalue weighted by molar-refractivity contribution is 7.10. The van der Waals surface area contributed by atoms with Gasteiger partial charge in [0.2, 0.25) is 0 Å². The van der Waals surface area contributed by atoms with Gasteiger partial charge in [0.25, 0.3) is 0 Å². The number of thiophene rings is 1. The maximum Gasteiger partial charge on any atom is 0.366 e. The van der Waals surface area contributed by atoms with Gasteiger partial charge in [0, 0.05) is 17.3 Å². The molecule has 0 atom stereocenters. The lowest BCUT2D eigenvalue weighted by molar-refractivity contribution is 0.257. The summed E-state index contributed by atoms with van der Waals surface area (Å²) in [4.78, 5) is 19.0. The Kier molecular flexibility index (Phi) is 1.83. The topological polar surface area (TPSA) is 41.8 Å². The van der Waals surface area contributed by atoms with Crippen molar-refractivity contribution in [2.75, 3.05) is 0 Å². The lowest BCUT2D eigenvalue weighted by atomic mass is 10.1. The summed E-state index contributed by atoms with van der Waals surface area (Å²) >= 11 is 1.64. The molecule has 0 bridgehead atoms. The van der Waals surface area contributed by atoms with Crippen LogP contribution in [0, 0.1) is 0 Å². The Balaban J connectivity index is 2.23. The van der Waals surface area contributed by atoms with Crippen molar-refractivity contribution >= 4 is 29.8 Å². The number of urea groups is 1. The minimum atomic E-state index is -0.414. The lowest BCUT2D eigenvalue weighted by Crippen LogP contribution is -2.06. The smallest absolute Gasteiger partial charge is 0.244 e. The number of hydrogen-bond acceptors (Lipinski definition) is 2. The third kappa shape index (κ3) is 1.33. The zero-order chi connectivity index (χ0) is 8.39. The Hall–Kier alpha value is -1.29. The van der Waals surface area contributed by atoms with Crippen molar-refractivity contribution < 1.29 is 4.79 Å². The fourth-order valence-corrected chi connectivity index (χ4v) is 1.74. The number of rotatable bonds is 1. The predicted molar refractivity (Wildman–Crippen MR) is 49.4 cm³/mol. The van der Waals surface area contributed by atoms with Gasteiger partial charge in [-0.2, -0.15) is 0 Å². The molecule has 0 unspecified atom stereocenters. The molecule has 0 saturated carbocycles. The summed E-state index contributed by atoms with van der Waals surface area (Å²) in [5, 5.41) is 1.99. The Labute approximate surface area is 73.5 Å². The van der Waals surface area contributed by atoms with Crippen LogP contribution in [0.3, 0.4) is 0 Å². The Morgan fingerprint density at radius 3 is 2.67 bits per heavy atom. The summed E-state index contributed by atoms with van der Waals surface area (Å²) in [6, 6.07) is 3.56. The molecule has 0 aromatic carbocycles. The molecule has 0 aliphatic carbocycles. The van der Waals surface area contributed by atoms with E-state index in [-0.39, 0.29) is 5.92 Å². The largest absolute Gasteiger partial charge is 0.366 e. The second-order valence-corrected chi connectivity index (χ2v) is 3.36. The van der Waals surface area contributed by atoms with Crippen LogP contribution in [0.2, 0.25) is 0 Å². The van der Waals surface area contributed by atoms with Gasteiger partial charge in [-0.25, -0.2) is 14.8 Å². The Morgan fingerprint density at radius 2 is 2.08 bits per heavy atom. The van der Waals surface area contributed by atoms with Crippen molar-refractivity contribution in [3.63, 3.8) is 0 Å². The van der Waals surface area contributed by atoms with E-state index in [9.17, 15) is 4.79 Å². The van der Waals surface area contributed by atoms with Gasteiger partial charge in [0.1, 0.15) is 0 Å². The molecule has 1 aromatic rings. The molecular weight excluding hydrogens is 172 g/mol. The first-order valence-electron chi connectivity index (χ1n) is 3.52. The number of amides is 2. The van der Waals surface area contributed by atoms with Gasteiger partial charge < -0.3 is 0 Å². The quantitative estimate of drug-likeness (QED) is 0.649. The van der Waals surface area contributed by atoms with Crippen LogP contribution >= 0.6 is 11.3 Å². The third-order valence-electron chi connectivity index (χ3n) is 1.56. The van der Waals surface area contributed by atoms with Crippen LogP contribution in [0.4, 0.5) is 4.79 Å². The van der Waals surface area contributed by atoms with Crippen LogP contribution in [-0.4, -0.2) is 18.5 Å². The molecule has 2 heterocycles. The first-order chi connectivity index (χ1) is 5.86. The molecule has 60 valence electrons. The van der Waals surface area contributed by atoms with Crippen molar-refractivity contribution in [3.05, 3.63) is 22.4 Å². The van der Waals surface area contributed by atoms with Gasteiger partial charge in [0.15, 0.2) is 0 Å². The van der Waals surface area contributed by atoms with Crippen molar-refractivity contribution in [1.29, 1.82) is 0 Å². The van der Waals surface area contributed by atoms with E-state index in [0.29, 0.717) is 0 Å². The van der Waals surface area contributed by atoms with Crippen LogP contribution in [0.1, 0.15) is 10.8 Å². The number of nitrogens with zero attached hydrogens (tertiary/aromatic N) is 2. The molecule has 1 aromatic heterocycles. The monoisotopic (exact) mass is 178 g/mol. The molecule has 0 N–H and O–H groups in total. The van der Waals surface area contributed by atoms with Gasteiger partial charge in [0.05, 0.1) is 5.92 Å². The second kappa shape index (κ2) is 2.98. The molecule has 1 aliphatic heterocycles. The first kappa shape index (κ1) is 7.36. The summed E-state index contributed by atoms with van der Waals surface area (Å²) in [5.74, 6) is 0.0858. The summed E-state index contributed by atoms with van der Waals surface area (Å²) < 4.78 is 0. The zero-order valence-corrected chi connectivity index (χ0v) is 6.99. The second-order valence-electron chi connectivity index (χ2n) is 2.38. The van der Waals surface area contributed by atoms with Gasteiger partial charge in [-0.3, -0.25) is 0 Å². The lowest BCUT2D eigenvalue weighted by Gasteiger charge is -2.04. The molecule has 0 fully saturated rings. The highest BCUT2D eigenvalue weighted by Crippen LogP contribution is 2.19. The summed E-state index contributed by atoms with van der Waals surface area (Å²) in [7, 11) is 0.